The van der Waals surface area contributed by atoms with E-state index in [2.05, 4.69) is 76.4 Å². The minimum atomic E-state index is -0.535. The van der Waals surface area contributed by atoms with E-state index in [9.17, 15) is 9.59 Å². The van der Waals surface area contributed by atoms with Crippen LogP contribution in [0.5, 0.6) is 0 Å². The van der Waals surface area contributed by atoms with Crippen molar-refractivity contribution in [2.45, 2.75) is 51.8 Å². The van der Waals surface area contributed by atoms with Crippen LogP contribution in [0.2, 0.25) is 0 Å². The third kappa shape index (κ3) is 9.13. The van der Waals surface area contributed by atoms with E-state index in [1.165, 1.54) is 19.9 Å². The maximum Gasteiger partial charge on any atom is -0.0381 e. The molecule has 39 heavy (non-hydrogen) atoms. The molecule has 0 saturated carbocycles. The van der Waals surface area contributed by atoms with Crippen LogP contribution >= 0.6 is 18.0 Å². The smallest absolute Gasteiger partial charge is 0.0381 e. The molecule has 204 valence electrons. The van der Waals surface area contributed by atoms with Crippen LogP contribution in [0.3, 0.4) is 0 Å². The number of benzene rings is 3. The van der Waals surface area contributed by atoms with E-state index >= 15 is 0 Å². The first-order valence-corrected chi connectivity index (χ1v) is 23.5. The summed E-state index contributed by atoms with van der Waals surface area (Å²) in [6.07, 6.45) is 2.20. The predicted molar refractivity (Wildman–Crippen MR) is 167 cm³/mol. The minimum Gasteiger partial charge on any atom is -0.0557 e. The van der Waals surface area contributed by atoms with E-state index in [0.29, 0.717) is 31.7 Å². The van der Waals surface area contributed by atoms with Gasteiger partial charge in [-0.1, -0.05) is 18.2 Å². The molecule has 1 atom stereocenters. The molecule has 0 bridgehead atoms. The minimum absolute atomic E-state index is 0.0644. The fraction of sp³-hybridized carbons (Fsp3) is 0.290. The van der Waals surface area contributed by atoms with Gasteiger partial charge in [0.15, 0.2) is 0 Å². The van der Waals surface area contributed by atoms with E-state index in [4.69, 9.17) is 4.74 Å². The third-order valence-electron chi connectivity index (χ3n) is 6.26. The van der Waals surface area contributed by atoms with Crippen molar-refractivity contribution < 1.29 is 14.3 Å². The summed E-state index contributed by atoms with van der Waals surface area (Å²) >= 11 is 2.10. The number of hydrogen-bond donors (Lipinski definition) is 3. The molecule has 3 aromatic carbocycles. The molecule has 6 nitrogen and oxygen atoms in total. The molecule has 3 N–H and O–H groups in total. The second kappa shape index (κ2) is 13.9. The number of fused-ring (bicyclic) bond motifs is 1. The van der Waals surface area contributed by atoms with Crippen LogP contribution in [0, 0.1) is 0 Å². The zero-order valence-electron chi connectivity index (χ0n) is 22.4. The first kappa shape index (κ1) is 29.7. The van der Waals surface area contributed by atoms with Crippen molar-refractivity contribution in [1.29, 1.82) is 0 Å². The number of anilines is 1. The molecule has 1 unspecified atom stereocenters. The van der Waals surface area contributed by atoms with Crippen molar-refractivity contribution in [2.75, 3.05) is 11.9 Å². The maximum atomic E-state index is 12.8. The Bertz CT molecular complexity index is 1320. The monoisotopic (exact) mass is 832 g/mol. The first-order valence-electron chi connectivity index (χ1n) is 12.9. The number of halogens is 1. The Balaban J connectivity index is 1.28. The van der Waals surface area contributed by atoms with Crippen molar-refractivity contribution in [3.63, 3.8) is 0 Å². The summed E-state index contributed by atoms with van der Waals surface area (Å²) < 4.78 is 6.75. The molecule has 4 rings (SSSR count). The van der Waals surface area contributed by atoms with Crippen LogP contribution in [0.25, 0.3) is 5.57 Å². The van der Waals surface area contributed by atoms with E-state index in [1.807, 2.05) is 57.2 Å². The quantitative estimate of drug-likeness (QED) is 0.230. The molecule has 0 heterocycles. The van der Waals surface area contributed by atoms with Gasteiger partial charge < -0.3 is 10.1 Å². The molecule has 2 amide bonds. The zero-order chi connectivity index (χ0) is 27.8. The number of hydrogen-bond acceptors (Lipinski definition) is 4. The van der Waals surface area contributed by atoms with Gasteiger partial charge in [-0.05, 0) is 38.5 Å². The van der Waals surface area contributed by atoms with Gasteiger partial charge in [0.25, 0.3) is 0 Å². The number of amides is 2. The molecule has 0 fully saturated rings. The van der Waals surface area contributed by atoms with E-state index in [0.717, 1.165) is 11.1 Å². The van der Waals surface area contributed by atoms with Crippen LogP contribution in [0.4, 0.5) is 10.5 Å². The van der Waals surface area contributed by atoms with Gasteiger partial charge in [-0.2, -0.15) is 0 Å². The summed E-state index contributed by atoms with van der Waals surface area (Å²) in [5.41, 5.74) is 6.04. The number of carbonyl (C=O) groups is 2. The SMILES string of the molecule is CC(C)(C)OC(=O)Nc1ccc(CNCC2=CC(CC(=O)NCc3cc[c]([Po][I])cc3)c3ccccc32)cc1. The molecule has 3 aromatic rings. The van der Waals surface area contributed by atoms with Gasteiger partial charge in [-0.3, -0.25) is 5.32 Å². The van der Waals surface area contributed by atoms with Crippen molar-refractivity contribution in [1.82, 2.24) is 10.6 Å². The molecule has 0 spiro atoms. The van der Waals surface area contributed by atoms with E-state index in [-0.39, 0.29) is 11.8 Å². The standard InChI is InChI=1S/C31H34N3O3.HI.Po/c1-31(2,3)37-30(36)34-26-15-13-23(14-16-26)19-32-21-25-17-24(27-11-7-8-12-28(25)27)18-29(35)33-20-22-9-5-4-6-10-22;;/h5-17,24,32H,18-21H2,1-3H3,(H,33,35)(H,34,36);1H;/q;;+1/p-1. The Morgan fingerprint density at radius 3 is 2.26 bits per heavy atom. The van der Waals surface area contributed by atoms with Crippen molar-refractivity contribution in [3.8, 4) is 0 Å². The van der Waals surface area contributed by atoms with Gasteiger partial charge in [-0.25, -0.2) is 4.79 Å². The van der Waals surface area contributed by atoms with Crippen LogP contribution in [0.1, 0.15) is 55.4 Å². The Labute approximate surface area is 251 Å². The summed E-state index contributed by atoms with van der Waals surface area (Å²) in [6, 6.07) is 24.7. The van der Waals surface area contributed by atoms with Gasteiger partial charge in [0.1, 0.15) is 5.60 Å². The normalized spacial score (nSPS) is 14.4. The van der Waals surface area contributed by atoms with Crippen LogP contribution in [0.15, 0.2) is 78.9 Å². The number of nitrogens with one attached hydrogen (secondary N) is 3. The Morgan fingerprint density at radius 2 is 1.56 bits per heavy atom. The topological polar surface area (TPSA) is 79.5 Å². The molecule has 8 heteroatoms. The first-order chi connectivity index (χ1) is 18.7. The van der Waals surface area contributed by atoms with Crippen molar-refractivity contribution in [2.24, 2.45) is 0 Å². The van der Waals surface area contributed by atoms with E-state index < -0.39 is 31.0 Å². The Hall–Kier alpha value is -2.27. The maximum absolute atomic E-state index is 12.8. The summed E-state index contributed by atoms with van der Waals surface area (Å²) in [4.78, 5) is 24.8. The number of allylic oxidation sites excluding steroid dienone is 1. The molecular formula is C31H34IN3O3Po. The molecule has 0 radical (unpaired) electrons. The van der Waals surface area contributed by atoms with Crippen LogP contribution in [-0.2, 0) is 22.6 Å². The third-order valence-corrected chi connectivity index (χ3v) is 12.5. The van der Waals surface area contributed by atoms with Gasteiger partial charge in [0.2, 0.25) is 0 Å². The average molecular weight is 833 g/mol. The molecule has 0 saturated heterocycles. The Morgan fingerprint density at radius 1 is 0.897 bits per heavy atom. The van der Waals surface area contributed by atoms with Crippen LogP contribution in [-0.4, -0.2) is 43.5 Å². The summed E-state index contributed by atoms with van der Waals surface area (Å²) in [5.74, 6) is 0.138. The van der Waals surface area contributed by atoms with Gasteiger partial charge >= 0.3 is 159 Å². The number of rotatable bonds is 10. The Kier molecular flexibility index (Phi) is 10.6. The summed E-state index contributed by atoms with van der Waals surface area (Å²) in [6.45, 7) is 7.47. The summed E-state index contributed by atoms with van der Waals surface area (Å²) in [7, 11) is 0. The molecule has 1 aliphatic carbocycles. The second-order valence-electron chi connectivity index (χ2n) is 10.5. The number of ether oxygens (including phenoxy) is 1. The predicted octanol–water partition coefficient (Wildman–Crippen LogP) is 5.69. The zero-order valence-corrected chi connectivity index (χ0v) is 27.8. The molecular weight excluding hydrogens is 798 g/mol. The summed E-state index contributed by atoms with van der Waals surface area (Å²) in [5, 5.41) is 9.38. The number of carbonyl (C=O) groups excluding carboxylic acids is 2. The van der Waals surface area contributed by atoms with Gasteiger partial charge in [0, 0.05) is 12.2 Å². The molecule has 0 aromatic heterocycles. The van der Waals surface area contributed by atoms with E-state index in [1.54, 1.807) is 0 Å². The largest absolute Gasteiger partial charge is 0.0557 e. The van der Waals surface area contributed by atoms with Crippen molar-refractivity contribution >= 4 is 63.8 Å². The van der Waals surface area contributed by atoms with Crippen LogP contribution < -0.4 is 19.2 Å². The molecule has 0 aliphatic heterocycles. The van der Waals surface area contributed by atoms with Gasteiger partial charge in [0.05, 0.1) is 0 Å². The average Bonchev–Trinajstić information content (AvgIpc) is 3.25. The molecule has 1 aliphatic rings. The fourth-order valence-electron chi connectivity index (χ4n) is 4.46. The van der Waals surface area contributed by atoms with Gasteiger partial charge in [-0.15, -0.1) is 0 Å². The fourth-order valence-corrected chi connectivity index (χ4v) is 7.96. The second-order valence-corrected chi connectivity index (χ2v) is 16.8. The van der Waals surface area contributed by atoms with Crippen molar-refractivity contribution in [3.05, 3.63) is 101 Å².